The fraction of sp³-hybridized carbons (Fsp3) is 0.611. The van der Waals surface area contributed by atoms with E-state index in [0.717, 1.165) is 31.2 Å². The van der Waals surface area contributed by atoms with Crippen molar-refractivity contribution in [3.8, 4) is 0 Å². The summed E-state index contributed by atoms with van der Waals surface area (Å²) in [5, 5.41) is 6.56. The molecular formula is C18H29N3S. The zero-order valence-electron chi connectivity index (χ0n) is 13.7. The summed E-state index contributed by atoms with van der Waals surface area (Å²) in [6, 6.07) is 8.58. The molecule has 1 aromatic rings. The lowest BCUT2D eigenvalue weighted by Crippen LogP contribution is -2.43. The van der Waals surface area contributed by atoms with Crippen molar-refractivity contribution >= 4 is 23.4 Å². The molecule has 0 spiro atoms. The number of aliphatic imine (C=N–C) groups is 1. The Morgan fingerprint density at radius 3 is 2.36 bits per heavy atom. The number of nitrogens with zero attached hydrogens (tertiary/aromatic N) is 1. The molecular weight excluding hydrogens is 290 g/mol. The molecule has 1 aliphatic heterocycles. The maximum Gasteiger partial charge on any atom is 0.196 e. The van der Waals surface area contributed by atoms with E-state index in [0.29, 0.717) is 0 Å². The fourth-order valence-electron chi connectivity index (χ4n) is 2.46. The number of guanidine groups is 1. The second-order valence-corrected chi connectivity index (χ2v) is 6.95. The zero-order valence-corrected chi connectivity index (χ0v) is 14.6. The SMILES string of the molecule is CCCCCCCCSc1ccc(N=C2NCCCN2)cc1. The van der Waals surface area contributed by atoms with Crippen LogP contribution in [-0.2, 0) is 0 Å². The van der Waals surface area contributed by atoms with Crippen molar-refractivity contribution in [1.82, 2.24) is 10.6 Å². The molecule has 3 nitrogen and oxygen atoms in total. The van der Waals surface area contributed by atoms with Gasteiger partial charge in [-0.1, -0.05) is 39.0 Å². The molecule has 1 saturated heterocycles. The van der Waals surface area contributed by atoms with Gasteiger partial charge in [0.25, 0.3) is 0 Å². The van der Waals surface area contributed by atoms with Crippen LogP contribution in [0.1, 0.15) is 51.9 Å². The molecule has 22 heavy (non-hydrogen) atoms. The van der Waals surface area contributed by atoms with Crippen molar-refractivity contribution in [1.29, 1.82) is 0 Å². The van der Waals surface area contributed by atoms with Gasteiger partial charge in [0.2, 0.25) is 0 Å². The van der Waals surface area contributed by atoms with E-state index in [1.165, 1.54) is 49.2 Å². The minimum absolute atomic E-state index is 0.902. The molecule has 0 atom stereocenters. The van der Waals surface area contributed by atoms with Gasteiger partial charge in [0, 0.05) is 18.0 Å². The molecule has 2 N–H and O–H groups in total. The molecule has 0 bridgehead atoms. The van der Waals surface area contributed by atoms with Gasteiger partial charge in [0.1, 0.15) is 0 Å². The summed E-state index contributed by atoms with van der Waals surface area (Å²) in [6.45, 7) is 4.29. The van der Waals surface area contributed by atoms with E-state index < -0.39 is 0 Å². The van der Waals surface area contributed by atoms with Crippen LogP contribution in [0.15, 0.2) is 34.2 Å². The van der Waals surface area contributed by atoms with Crippen molar-refractivity contribution < 1.29 is 0 Å². The standard InChI is InChI=1S/C18H29N3S/c1-2-3-4-5-6-7-15-22-17-11-9-16(10-12-17)21-18-19-13-8-14-20-18/h9-12H,2-8,13-15H2,1H3,(H2,19,20,21). The Morgan fingerprint density at radius 1 is 0.955 bits per heavy atom. The van der Waals surface area contributed by atoms with Gasteiger partial charge in [-0.2, -0.15) is 0 Å². The Balaban J connectivity index is 1.66. The van der Waals surface area contributed by atoms with E-state index in [2.05, 4.69) is 46.8 Å². The van der Waals surface area contributed by atoms with Crippen molar-refractivity contribution in [3.63, 3.8) is 0 Å². The van der Waals surface area contributed by atoms with E-state index in [9.17, 15) is 0 Å². The van der Waals surface area contributed by atoms with Crippen LogP contribution >= 0.6 is 11.8 Å². The molecule has 0 aliphatic carbocycles. The Morgan fingerprint density at radius 2 is 1.64 bits per heavy atom. The number of rotatable bonds is 9. The molecule has 0 aromatic heterocycles. The number of hydrogen-bond donors (Lipinski definition) is 2. The van der Waals surface area contributed by atoms with E-state index in [-0.39, 0.29) is 0 Å². The lowest BCUT2D eigenvalue weighted by Gasteiger charge is -2.17. The van der Waals surface area contributed by atoms with Gasteiger partial charge in [-0.3, -0.25) is 0 Å². The molecule has 0 saturated carbocycles. The Labute approximate surface area is 139 Å². The number of unbranched alkanes of at least 4 members (excludes halogenated alkanes) is 5. The summed E-state index contributed by atoms with van der Waals surface area (Å²) in [5.41, 5.74) is 1.01. The van der Waals surface area contributed by atoms with Crippen LogP contribution in [0.4, 0.5) is 5.69 Å². The highest BCUT2D eigenvalue weighted by Gasteiger charge is 2.03. The molecule has 1 aliphatic rings. The fourth-order valence-corrected chi connectivity index (χ4v) is 3.37. The highest BCUT2D eigenvalue weighted by Crippen LogP contribution is 2.23. The van der Waals surface area contributed by atoms with Gasteiger partial charge in [0.15, 0.2) is 5.96 Å². The van der Waals surface area contributed by atoms with Crippen molar-refractivity contribution in [2.75, 3.05) is 18.8 Å². The summed E-state index contributed by atoms with van der Waals surface area (Å²) in [5.74, 6) is 2.13. The molecule has 1 fully saturated rings. The highest BCUT2D eigenvalue weighted by molar-refractivity contribution is 7.99. The summed E-state index contributed by atoms with van der Waals surface area (Å²) in [4.78, 5) is 5.93. The summed E-state index contributed by atoms with van der Waals surface area (Å²) in [7, 11) is 0. The van der Waals surface area contributed by atoms with Crippen molar-refractivity contribution in [2.45, 2.75) is 56.8 Å². The third-order valence-corrected chi connectivity index (χ3v) is 4.88. The van der Waals surface area contributed by atoms with Crippen LogP contribution in [0.3, 0.4) is 0 Å². The first kappa shape index (κ1) is 17.2. The minimum atomic E-state index is 0.902. The topological polar surface area (TPSA) is 36.4 Å². The molecule has 1 heterocycles. The minimum Gasteiger partial charge on any atom is -0.356 e. The molecule has 122 valence electrons. The quantitative estimate of drug-likeness (QED) is 0.511. The van der Waals surface area contributed by atoms with Crippen LogP contribution in [-0.4, -0.2) is 24.8 Å². The van der Waals surface area contributed by atoms with Crippen molar-refractivity contribution in [3.05, 3.63) is 24.3 Å². The molecule has 4 heteroatoms. The van der Waals surface area contributed by atoms with Gasteiger partial charge in [-0.25, -0.2) is 4.99 Å². The predicted molar refractivity (Wildman–Crippen MR) is 98.3 cm³/mol. The van der Waals surface area contributed by atoms with Gasteiger partial charge in [-0.15, -0.1) is 11.8 Å². The number of hydrogen-bond acceptors (Lipinski definition) is 2. The van der Waals surface area contributed by atoms with Gasteiger partial charge < -0.3 is 10.6 Å². The monoisotopic (exact) mass is 319 g/mol. The number of benzene rings is 1. The lowest BCUT2D eigenvalue weighted by atomic mass is 10.1. The maximum atomic E-state index is 4.58. The molecule has 1 aromatic carbocycles. The van der Waals surface area contributed by atoms with E-state index in [4.69, 9.17) is 0 Å². The largest absolute Gasteiger partial charge is 0.356 e. The maximum absolute atomic E-state index is 4.58. The third-order valence-electron chi connectivity index (χ3n) is 3.78. The first-order valence-electron chi connectivity index (χ1n) is 8.68. The summed E-state index contributed by atoms with van der Waals surface area (Å²) in [6.07, 6.45) is 9.37. The van der Waals surface area contributed by atoms with Crippen LogP contribution in [0.5, 0.6) is 0 Å². The summed E-state index contributed by atoms with van der Waals surface area (Å²) >= 11 is 1.96. The average Bonchev–Trinajstić information content (AvgIpc) is 2.56. The molecule has 0 amide bonds. The van der Waals surface area contributed by atoms with Crippen LogP contribution in [0, 0.1) is 0 Å². The highest BCUT2D eigenvalue weighted by atomic mass is 32.2. The Hall–Kier alpha value is -1.16. The average molecular weight is 320 g/mol. The van der Waals surface area contributed by atoms with Crippen LogP contribution in [0.2, 0.25) is 0 Å². The number of thioether (sulfide) groups is 1. The Kier molecular flexibility index (Phi) is 8.24. The molecule has 0 radical (unpaired) electrons. The van der Waals surface area contributed by atoms with E-state index in [1.54, 1.807) is 0 Å². The Bertz CT molecular complexity index is 434. The predicted octanol–water partition coefficient (Wildman–Crippen LogP) is 4.71. The van der Waals surface area contributed by atoms with E-state index >= 15 is 0 Å². The first-order chi connectivity index (χ1) is 10.9. The van der Waals surface area contributed by atoms with Gasteiger partial charge in [0.05, 0.1) is 5.69 Å². The molecule has 0 unspecified atom stereocenters. The number of nitrogens with one attached hydrogen (secondary N) is 2. The third kappa shape index (κ3) is 6.73. The van der Waals surface area contributed by atoms with Gasteiger partial charge in [-0.05, 0) is 42.9 Å². The lowest BCUT2D eigenvalue weighted by molar-refractivity contribution is 0.627. The zero-order chi connectivity index (χ0) is 15.5. The normalized spacial score (nSPS) is 14.3. The second kappa shape index (κ2) is 10.5. The second-order valence-electron chi connectivity index (χ2n) is 5.78. The van der Waals surface area contributed by atoms with Crippen LogP contribution in [0.25, 0.3) is 0 Å². The van der Waals surface area contributed by atoms with Crippen LogP contribution < -0.4 is 10.6 Å². The van der Waals surface area contributed by atoms with Gasteiger partial charge >= 0.3 is 0 Å². The van der Waals surface area contributed by atoms with Crippen molar-refractivity contribution in [2.24, 2.45) is 4.99 Å². The molecule has 2 rings (SSSR count). The van der Waals surface area contributed by atoms with E-state index in [1.807, 2.05) is 11.8 Å². The first-order valence-corrected chi connectivity index (χ1v) is 9.66. The smallest absolute Gasteiger partial charge is 0.196 e. The summed E-state index contributed by atoms with van der Waals surface area (Å²) < 4.78 is 0.